The molecular formula is C31H19F9O. The van der Waals surface area contributed by atoms with Gasteiger partial charge in [0.15, 0.2) is 17.5 Å². The van der Waals surface area contributed by atoms with E-state index in [0.717, 1.165) is 18.2 Å². The first kappa shape index (κ1) is 29.5. The third-order valence-corrected chi connectivity index (χ3v) is 6.05. The van der Waals surface area contributed by atoms with Gasteiger partial charge < -0.3 is 4.74 Å². The van der Waals surface area contributed by atoms with Crippen LogP contribution >= 0.6 is 0 Å². The van der Waals surface area contributed by atoms with Crippen LogP contribution in [-0.4, -0.2) is 6.36 Å². The second-order valence-electron chi connectivity index (χ2n) is 8.83. The molecule has 0 radical (unpaired) electrons. The third kappa shape index (κ3) is 6.82. The number of hydrogen-bond acceptors (Lipinski definition) is 1. The summed E-state index contributed by atoms with van der Waals surface area (Å²) in [6.45, 7) is 3.46. The SMILES string of the molecule is C=CCC/C(F)=C(\F)c1ccc(-c2ccc(-c3ccc(-c4cc(F)c(OC(F)(F)F)c(F)c4)c(F)c3)c(F)c2)cc1. The highest BCUT2D eigenvalue weighted by molar-refractivity contribution is 5.75. The van der Waals surface area contributed by atoms with Gasteiger partial charge in [0, 0.05) is 23.1 Å². The molecule has 41 heavy (non-hydrogen) atoms. The van der Waals surface area contributed by atoms with Crippen molar-refractivity contribution in [2.75, 3.05) is 0 Å². The van der Waals surface area contributed by atoms with Crippen LogP contribution in [0.2, 0.25) is 0 Å². The highest BCUT2D eigenvalue weighted by Gasteiger charge is 2.34. The largest absolute Gasteiger partial charge is 0.573 e. The zero-order valence-corrected chi connectivity index (χ0v) is 20.9. The molecule has 0 atom stereocenters. The molecule has 0 unspecified atom stereocenters. The van der Waals surface area contributed by atoms with Crippen LogP contribution in [0, 0.1) is 23.3 Å². The fourth-order valence-corrected chi connectivity index (χ4v) is 4.08. The molecule has 1 nitrogen and oxygen atoms in total. The molecule has 0 bridgehead atoms. The van der Waals surface area contributed by atoms with Crippen LogP contribution in [0.4, 0.5) is 39.5 Å². The molecule has 10 heteroatoms. The van der Waals surface area contributed by atoms with Crippen LogP contribution in [0.25, 0.3) is 39.2 Å². The van der Waals surface area contributed by atoms with Crippen molar-refractivity contribution in [2.45, 2.75) is 19.2 Å². The molecule has 0 saturated carbocycles. The molecule has 4 rings (SSSR count). The lowest BCUT2D eigenvalue weighted by molar-refractivity contribution is -0.276. The average molecular weight is 578 g/mol. The van der Waals surface area contributed by atoms with Gasteiger partial charge in [0.25, 0.3) is 0 Å². The molecule has 0 aliphatic rings. The van der Waals surface area contributed by atoms with Gasteiger partial charge in [-0.1, -0.05) is 54.6 Å². The van der Waals surface area contributed by atoms with Gasteiger partial charge >= 0.3 is 6.36 Å². The molecule has 4 aromatic carbocycles. The number of allylic oxidation sites excluding steroid dienone is 2. The van der Waals surface area contributed by atoms with Gasteiger partial charge in [-0.05, 0) is 52.9 Å². The summed E-state index contributed by atoms with van der Waals surface area (Å²) in [6.07, 6.45) is -3.71. The zero-order chi connectivity index (χ0) is 29.9. The Kier molecular flexibility index (Phi) is 8.60. The first-order valence-electron chi connectivity index (χ1n) is 12.0. The summed E-state index contributed by atoms with van der Waals surface area (Å²) in [5.41, 5.74) is 0.242. The van der Waals surface area contributed by atoms with Crippen LogP contribution in [0.1, 0.15) is 18.4 Å². The van der Waals surface area contributed by atoms with Crippen molar-refractivity contribution in [2.24, 2.45) is 0 Å². The predicted octanol–water partition coefficient (Wildman–Crippen LogP) is 10.7. The van der Waals surface area contributed by atoms with E-state index in [0.29, 0.717) is 23.3 Å². The Morgan fingerprint density at radius 3 is 1.68 bits per heavy atom. The lowest BCUT2D eigenvalue weighted by atomic mass is 9.96. The quantitative estimate of drug-likeness (QED) is 0.149. The molecule has 0 heterocycles. The lowest BCUT2D eigenvalue weighted by Crippen LogP contribution is -2.19. The van der Waals surface area contributed by atoms with Gasteiger partial charge in [-0.3, -0.25) is 0 Å². The van der Waals surface area contributed by atoms with Crippen LogP contribution in [-0.2, 0) is 0 Å². The van der Waals surface area contributed by atoms with Crippen molar-refractivity contribution in [1.29, 1.82) is 0 Å². The molecular weight excluding hydrogens is 559 g/mol. The van der Waals surface area contributed by atoms with Crippen molar-refractivity contribution < 1.29 is 44.3 Å². The van der Waals surface area contributed by atoms with Gasteiger partial charge in [-0.25, -0.2) is 26.3 Å². The minimum atomic E-state index is -5.33. The normalized spacial score (nSPS) is 12.2. The van der Waals surface area contributed by atoms with E-state index in [9.17, 15) is 35.1 Å². The molecule has 0 amide bonds. The van der Waals surface area contributed by atoms with Crippen molar-refractivity contribution in [3.05, 3.63) is 120 Å². The fourth-order valence-electron chi connectivity index (χ4n) is 4.08. The second-order valence-corrected chi connectivity index (χ2v) is 8.83. The summed E-state index contributed by atoms with van der Waals surface area (Å²) in [5.74, 6) is -8.71. The Morgan fingerprint density at radius 2 is 1.15 bits per heavy atom. The molecule has 0 saturated heterocycles. The average Bonchev–Trinajstić information content (AvgIpc) is 2.92. The Balaban J connectivity index is 1.58. The van der Waals surface area contributed by atoms with E-state index in [-0.39, 0.29) is 35.1 Å². The van der Waals surface area contributed by atoms with Gasteiger partial charge in [0.05, 0.1) is 0 Å². The highest BCUT2D eigenvalue weighted by Crippen LogP contribution is 2.36. The standard InChI is InChI=1S/C31H19F9O/c1-2-3-4-24(32)29(37)18-7-5-17(6-8-18)19-9-11-22(25(33)13-19)20-10-12-23(26(34)14-20)21-15-27(35)30(28(36)16-21)41-31(38,39)40/h2,5-16H,1,3-4H2/b29-24+. The fraction of sp³-hybridized carbons (Fsp3) is 0.0968. The number of ether oxygens (including phenoxy) is 1. The Bertz CT molecular complexity index is 1600. The maximum absolute atomic E-state index is 15.0. The third-order valence-electron chi connectivity index (χ3n) is 6.05. The maximum Gasteiger partial charge on any atom is 0.573 e. The number of alkyl halides is 3. The molecule has 0 aliphatic carbocycles. The number of benzene rings is 4. The summed E-state index contributed by atoms with van der Waals surface area (Å²) >= 11 is 0. The lowest BCUT2D eigenvalue weighted by Gasteiger charge is -2.13. The molecule has 4 aromatic rings. The van der Waals surface area contributed by atoms with E-state index in [4.69, 9.17) is 0 Å². The topological polar surface area (TPSA) is 9.23 Å². The van der Waals surface area contributed by atoms with Crippen LogP contribution in [0.3, 0.4) is 0 Å². The molecule has 0 N–H and O–H groups in total. The second kappa shape index (κ2) is 12.0. The first-order chi connectivity index (χ1) is 19.4. The summed E-state index contributed by atoms with van der Waals surface area (Å²) in [6, 6.07) is 14.0. The molecule has 0 spiro atoms. The van der Waals surface area contributed by atoms with Crippen LogP contribution in [0.15, 0.2) is 91.3 Å². The van der Waals surface area contributed by atoms with Crippen LogP contribution < -0.4 is 4.74 Å². The Morgan fingerprint density at radius 1 is 0.659 bits per heavy atom. The summed E-state index contributed by atoms with van der Waals surface area (Å²) in [5, 5.41) is 0. The molecule has 0 aliphatic heterocycles. The van der Waals surface area contributed by atoms with E-state index in [1.165, 1.54) is 48.5 Å². The minimum absolute atomic E-state index is 0.0135. The van der Waals surface area contributed by atoms with E-state index in [1.54, 1.807) is 0 Å². The molecule has 212 valence electrons. The van der Waals surface area contributed by atoms with Gasteiger partial charge in [0.2, 0.25) is 5.75 Å². The van der Waals surface area contributed by atoms with Crippen molar-refractivity contribution >= 4 is 5.83 Å². The molecule has 0 aromatic heterocycles. The monoisotopic (exact) mass is 578 g/mol. The summed E-state index contributed by atoms with van der Waals surface area (Å²) < 4.78 is 127. The van der Waals surface area contributed by atoms with Crippen LogP contribution in [0.5, 0.6) is 5.75 Å². The van der Waals surface area contributed by atoms with Gasteiger partial charge in [-0.15, -0.1) is 19.8 Å². The van der Waals surface area contributed by atoms with E-state index in [2.05, 4.69) is 11.3 Å². The van der Waals surface area contributed by atoms with E-state index < -0.39 is 52.6 Å². The maximum atomic E-state index is 15.0. The number of hydrogen-bond donors (Lipinski definition) is 0. The number of halogens is 9. The van der Waals surface area contributed by atoms with Gasteiger partial charge in [0.1, 0.15) is 17.5 Å². The van der Waals surface area contributed by atoms with E-state index in [1.807, 2.05) is 0 Å². The van der Waals surface area contributed by atoms with Crippen molar-refractivity contribution in [1.82, 2.24) is 0 Å². The summed E-state index contributed by atoms with van der Waals surface area (Å²) in [7, 11) is 0. The first-order valence-corrected chi connectivity index (χ1v) is 12.0. The van der Waals surface area contributed by atoms with Gasteiger partial charge in [-0.2, -0.15) is 0 Å². The molecule has 0 fully saturated rings. The highest BCUT2D eigenvalue weighted by atomic mass is 19.4. The minimum Gasteiger partial charge on any atom is -0.399 e. The Labute approximate surface area is 228 Å². The summed E-state index contributed by atoms with van der Waals surface area (Å²) in [4.78, 5) is 0. The van der Waals surface area contributed by atoms with Crippen molar-refractivity contribution in [3.63, 3.8) is 0 Å². The van der Waals surface area contributed by atoms with E-state index >= 15 is 4.39 Å². The van der Waals surface area contributed by atoms with Crippen molar-refractivity contribution in [3.8, 4) is 39.1 Å². The smallest absolute Gasteiger partial charge is 0.399 e. The Hall–Kier alpha value is -4.47. The number of rotatable bonds is 8. The zero-order valence-electron chi connectivity index (χ0n) is 20.9. The predicted molar refractivity (Wildman–Crippen MR) is 138 cm³/mol.